The summed E-state index contributed by atoms with van der Waals surface area (Å²) in [4.78, 5) is 24.5. The molecule has 12 heteroatoms. The Morgan fingerprint density at radius 3 is 2.14 bits per heavy atom. The van der Waals surface area contributed by atoms with E-state index in [1.54, 1.807) is 12.1 Å². The first-order chi connectivity index (χ1) is 16.8. The maximum atomic E-state index is 12.6. The minimum atomic E-state index is -3.55. The minimum Gasteiger partial charge on any atom is -0.493 e. The van der Waals surface area contributed by atoms with Gasteiger partial charge < -0.3 is 19.5 Å². The predicted octanol–water partition coefficient (Wildman–Crippen LogP) is 1.38. The molecule has 1 heterocycles. The van der Waals surface area contributed by atoms with Crippen molar-refractivity contribution in [2.45, 2.75) is 17.7 Å². The average molecular weight is 505 g/mol. The van der Waals surface area contributed by atoms with Crippen molar-refractivity contribution in [3.05, 3.63) is 47.5 Å². The molecule has 3 rings (SSSR count). The number of hydrogen-bond donors (Lipinski definition) is 2. The maximum absolute atomic E-state index is 12.6. The standard InChI is InChI=1S/C23H28N4O7S/c1-32-19-12-16(13-20(33-2)22(19)34-3)14-25-26-21(28)15-24-23(29)17-6-8-18(9-7-17)35(30,31)27-10-4-5-11-27/h6-9,12-14H,4-5,10-11,15H2,1-3H3,(H,24,29)(H,26,28)/b25-14+. The Hall–Kier alpha value is -3.64. The van der Waals surface area contributed by atoms with Gasteiger partial charge in [-0.05, 0) is 49.2 Å². The monoisotopic (exact) mass is 504 g/mol. The quantitative estimate of drug-likeness (QED) is 0.369. The van der Waals surface area contributed by atoms with Crippen LogP contribution in [0.15, 0.2) is 46.4 Å². The van der Waals surface area contributed by atoms with Crippen LogP contribution in [-0.4, -0.2) is 71.7 Å². The first kappa shape index (κ1) is 26.0. The van der Waals surface area contributed by atoms with Crippen LogP contribution in [0.1, 0.15) is 28.8 Å². The number of carbonyl (C=O) groups is 2. The molecule has 2 aromatic rings. The summed E-state index contributed by atoms with van der Waals surface area (Å²) >= 11 is 0. The third-order valence-electron chi connectivity index (χ3n) is 5.32. The molecule has 0 spiro atoms. The average Bonchev–Trinajstić information content (AvgIpc) is 3.43. The predicted molar refractivity (Wildman–Crippen MR) is 129 cm³/mol. The number of methoxy groups -OCH3 is 3. The number of carbonyl (C=O) groups excluding carboxylic acids is 2. The van der Waals surface area contributed by atoms with E-state index in [-0.39, 0.29) is 17.0 Å². The molecular formula is C23H28N4O7S. The van der Waals surface area contributed by atoms with Gasteiger partial charge in [-0.3, -0.25) is 9.59 Å². The molecule has 0 saturated carbocycles. The lowest BCUT2D eigenvalue weighted by atomic mass is 10.2. The van der Waals surface area contributed by atoms with Gasteiger partial charge in [0.25, 0.3) is 11.8 Å². The molecule has 0 unspecified atom stereocenters. The highest BCUT2D eigenvalue weighted by Crippen LogP contribution is 2.37. The maximum Gasteiger partial charge on any atom is 0.259 e. The Labute approximate surface area is 204 Å². The van der Waals surface area contributed by atoms with Crippen molar-refractivity contribution in [1.82, 2.24) is 15.0 Å². The summed E-state index contributed by atoms with van der Waals surface area (Å²) in [7, 11) is 0.917. The summed E-state index contributed by atoms with van der Waals surface area (Å²) in [5, 5.41) is 6.35. The molecule has 11 nitrogen and oxygen atoms in total. The van der Waals surface area contributed by atoms with Crippen molar-refractivity contribution in [3.63, 3.8) is 0 Å². The second kappa shape index (κ2) is 11.7. The second-order valence-electron chi connectivity index (χ2n) is 7.57. The molecule has 2 aromatic carbocycles. The lowest BCUT2D eigenvalue weighted by molar-refractivity contribution is -0.120. The number of benzene rings is 2. The fraction of sp³-hybridized carbons (Fsp3) is 0.348. The van der Waals surface area contributed by atoms with E-state index in [4.69, 9.17) is 14.2 Å². The van der Waals surface area contributed by atoms with Crippen LogP contribution >= 0.6 is 0 Å². The molecule has 35 heavy (non-hydrogen) atoms. The van der Waals surface area contributed by atoms with Crippen molar-refractivity contribution in [2.75, 3.05) is 41.0 Å². The zero-order chi connectivity index (χ0) is 25.4. The first-order valence-electron chi connectivity index (χ1n) is 10.8. The molecule has 1 aliphatic heterocycles. The number of nitrogens with one attached hydrogen (secondary N) is 2. The van der Waals surface area contributed by atoms with Gasteiger partial charge in [-0.15, -0.1) is 0 Å². The molecule has 0 aliphatic carbocycles. The van der Waals surface area contributed by atoms with Crippen molar-refractivity contribution in [1.29, 1.82) is 0 Å². The molecular weight excluding hydrogens is 476 g/mol. The Kier molecular flexibility index (Phi) is 8.66. The number of sulfonamides is 1. The Morgan fingerprint density at radius 2 is 1.60 bits per heavy atom. The highest BCUT2D eigenvalue weighted by atomic mass is 32.2. The second-order valence-corrected chi connectivity index (χ2v) is 9.51. The van der Waals surface area contributed by atoms with Crippen LogP contribution in [0.3, 0.4) is 0 Å². The molecule has 188 valence electrons. The summed E-state index contributed by atoms with van der Waals surface area (Å²) in [6.07, 6.45) is 3.08. The SMILES string of the molecule is COc1cc(/C=N/NC(=O)CNC(=O)c2ccc(S(=O)(=O)N3CCCC3)cc2)cc(OC)c1OC. The number of rotatable bonds is 10. The van der Waals surface area contributed by atoms with Gasteiger partial charge in [0, 0.05) is 24.2 Å². The third kappa shape index (κ3) is 6.28. The lowest BCUT2D eigenvalue weighted by Crippen LogP contribution is -2.35. The Morgan fingerprint density at radius 1 is 1.00 bits per heavy atom. The summed E-state index contributed by atoms with van der Waals surface area (Å²) in [5.41, 5.74) is 3.15. The van der Waals surface area contributed by atoms with Crippen molar-refractivity contribution in [2.24, 2.45) is 5.10 Å². The van der Waals surface area contributed by atoms with E-state index in [2.05, 4.69) is 15.8 Å². The van der Waals surface area contributed by atoms with Gasteiger partial charge in [-0.25, -0.2) is 13.8 Å². The van der Waals surface area contributed by atoms with Gasteiger partial charge in [0.1, 0.15) is 0 Å². The summed E-state index contributed by atoms with van der Waals surface area (Å²) in [5.74, 6) is 0.243. The molecule has 0 bridgehead atoms. The normalized spacial score (nSPS) is 14.0. The third-order valence-corrected chi connectivity index (χ3v) is 7.23. The molecule has 2 N–H and O–H groups in total. The van der Waals surface area contributed by atoms with Crippen LogP contribution in [0.4, 0.5) is 0 Å². The molecule has 1 fully saturated rings. The van der Waals surface area contributed by atoms with Crippen LogP contribution in [0.5, 0.6) is 17.2 Å². The largest absolute Gasteiger partial charge is 0.493 e. The number of ether oxygens (including phenoxy) is 3. The van der Waals surface area contributed by atoms with E-state index in [1.807, 2.05) is 0 Å². The fourth-order valence-corrected chi connectivity index (χ4v) is 5.03. The van der Waals surface area contributed by atoms with Crippen LogP contribution in [-0.2, 0) is 14.8 Å². The number of hydrazone groups is 1. The van der Waals surface area contributed by atoms with Crippen LogP contribution in [0, 0.1) is 0 Å². The molecule has 0 atom stereocenters. The molecule has 1 aliphatic rings. The van der Waals surface area contributed by atoms with Crippen LogP contribution < -0.4 is 25.0 Å². The zero-order valence-electron chi connectivity index (χ0n) is 19.7. The topological polar surface area (TPSA) is 136 Å². The first-order valence-corrected chi connectivity index (χ1v) is 12.2. The van der Waals surface area contributed by atoms with E-state index >= 15 is 0 Å². The number of hydrogen-bond acceptors (Lipinski definition) is 8. The van der Waals surface area contributed by atoms with E-state index in [1.165, 1.54) is 56.1 Å². The minimum absolute atomic E-state index is 0.134. The van der Waals surface area contributed by atoms with E-state index in [0.717, 1.165) is 12.8 Å². The van der Waals surface area contributed by atoms with Crippen molar-refractivity contribution >= 4 is 28.1 Å². The molecule has 2 amide bonds. The highest BCUT2D eigenvalue weighted by Gasteiger charge is 2.27. The summed E-state index contributed by atoms with van der Waals surface area (Å²) in [6, 6.07) is 8.94. The zero-order valence-corrected chi connectivity index (χ0v) is 20.6. The van der Waals surface area contributed by atoms with Crippen molar-refractivity contribution in [3.8, 4) is 17.2 Å². The van der Waals surface area contributed by atoms with Gasteiger partial charge in [-0.2, -0.15) is 9.41 Å². The molecule has 1 saturated heterocycles. The Bertz CT molecular complexity index is 1170. The van der Waals surface area contributed by atoms with E-state index < -0.39 is 21.8 Å². The molecule has 0 aromatic heterocycles. The summed E-state index contributed by atoms with van der Waals surface area (Å²) in [6.45, 7) is 0.683. The van der Waals surface area contributed by atoms with Crippen LogP contribution in [0.2, 0.25) is 0 Å². The number of nitrogens with zero attached hydrogens (tertiary/aromatic N) is 2. The van der Waals surface area contributed by atoms with Crippen LogP contribution in [0.25, 0.3) is 0 Å². The van der Waals surface area contributed by atoms with E-state index in [0.29, 0.717) is 35.9 Å². The molecule has 0 radical (unpaired) electrons. The van der Waals surface area contributed by atoms with E-state index in [9.17, 15) is 18.0 Å². The Balaban J connectivity index is 1.53. The summed E-state index contributed by atoms with van der Waals surface area (Å²) < 4.78 is 42.4. The highest BCUT2D eigenvalue weighted by molar-refractivity contribution is 7.89. The van der Waals surface area contributed by atoms with Crippen molar-refractivity contribution < 1.29 is 32.2 Å². The lowest BCUT2D eigenvalue weighted by Gasteiger charge is -2.15. The smallest absolute Gasteiger partial charge is 0.259 e. The van der Waals surface area contributed by atoms with Gasteiger partial charge in [0.05, 0.1) is 39.0 Å². The fourth-order valence-electron chi connectivity index (χ4n) is 3.51. The van der Waals surface area contributed by atoms with Gasteiger partial charge in [0.2, 0.25) is 15.8 Å². The van der Waals surface area contributed by atoms with Gasteiger partial charge in [0.15, 0.2) is 11.5 Å². The van der Waals surface area contributed by atoms with Gasteiger partial charge in [-0.1, -0.05) is 0 Å². The van der Waals surface area contributed by atoms with Gasteiger partial charge >= 0.3 is 0 Å². The number of amides is 2.